The van der Waals surface area contributed by atoms with Gasteiger partial charge in [-0.05, 0) is 73.8 Å². The number of carbonyl (C=O) groups is 2. The van der Waals surface area contributed by atoms with Gasteiger partial charge in [0.1, 0.15) is 6.04 Å². The molecule has 1 aliphatic rings. The summed E-state index contributed by atoms with van der Waals surface area (Å²) in [5.41, 5.74) is 4.20. The molecule has 0 bridgehead atoms. The largest absolute Gasteiger partial charge is 0.453 e. The molecule has 1 aromatic heterocycles. The zero-order valence-corrected chi connectivity index (χ0v) is 29.7. The summed E-state index contributed by atoms with van der Waals surface area (Å²) >= 11 is 1.39. The van der Waals surface area contributed by atoms with Crippen molar-refractivity contribution in [3.63, 3.8) is 0 Å². The Labute approximate surface area is 293 Å². The molecular weight excluding hydrogens is 661 g/mol. The van der Waals surface area contributed by atoms with Crippen LogP contribution in [0, 0.1) is 5.92 Å². The summed E-state index contributed by atoms with van der Waals surface area (Å²) in [6, 6.07) is 22.4. The van der Waals surface area contributed by atoms with E-state index >= 15 is 0 Å². The highest BCUT2D eigenvalue weighted by molar-refractivity contribution is 7.89. The predicted molar refractivity (Wildman–Crippen MR) is 192 cm³/mol. The molecule has 0 aliphatic heterocycles. The zero-order valence-electron chi connectivity index (χ0n) is 28.0. The number of unbranched alkanes of at least 4 members (excludes halogenated alkanes) is 1. The van der Waals surface area contributed by atoms with Gasteiger partial charge in [0.15, 0.2) is 0 Å². The molecule has 49 heavy (non-hydrogen) atoms. The summed E-state index contributed by atoms with van der Waals surface area (Å²) in [6.07, 6.45) is 4.35. The van der Waals surface area contributed by atoms with Crippen molar-refractivity contribution in [1.82, 2.24) is 19.9 Å². The molecule has 3 atom stereocenters. The maximum Gasteiger partial charge on any atom is 0.407 e. The predicted octanol–water partition coefficient (Wildman–Crippen LogP) is 6.07. The lowest BCUT2D eigenvalue weighted by molar-refractivity contribution is -0.124. The molecule has 262 valence electrons. The van der Waals surface area contributed by atoms with Crippen LogP contribution in [-0.4, -0.2) is 73.2 Å². The lowest BCUT2D eigenvalue weighted by Gasteiger charge is -2.31. The second-order valence-corrected chi connectivity index (χ2v) is 15.4. The standard InChI is InChI=1S/C37H46N4O6S2/c1-3-4-22-41(49(45,46)30-20-21-32-33(23-30)48-25-38-32)29(24-42)16-11-17-31(26-18-19-26)39-36(43)35(40-37(44)47-2)34(27-12-7-5-8-13-27)28-14-9-6-10-15-28/h5-10,12-15,20-21,23,25-26,29,31,34-35,42H,3-4,11,16-19,22,24H2,1-2H3,(H,39,43)(H,40,44)/t29-,31+,35-/m0/s1. The Balaban J connectivity index is 1.32. The first-order valence-corrected chi connectivity index (χ1v) is 19.3. The molecule has 10 nitrogen and oxygen atoms in total. The van der Waals surface area contributed by atoms with Crippen molar-refractivity contribution in [3.05, 3.63) is 95.5 Å². The highest BCUT2D eigenvalue weighted by atomic mass is 32.2. The number of carbonyl (C=O) groups excluding carboxylic acids is 2. The Morgan fingerprint density at radius 1 is 0.980 bits per heavy atom. The molecule has 0 unspecified atom stereocenters. The van der Waals surface area contributed by atoms with Crippen LogP contribution in [0.15, 0.2) is 89.3 Å². The van der Waals surface area contributed by atoms with Crippen molar-refractivity contribution >= 4 is 43.6 Å². The van der Waals surface area contributed by atoms with Gasteiger partial charge in [0.2, 0.25) is 15.9 Å². The normalized spacial score (nSPS) is 15.2. The molecule has 1 fully saturated rings. The van der Waals surface area contributed by atoms with E-state index in [2.05, 4.69) is 15.6 Å². The van der Waals surface area contributed by atoms with Crippen LogP contribution in [0.2, 0.25) is 0 Å². The van der Waals surface area contributed by atoms with Crippen LogP contribution in [0.25, 0.3) is 10.2 Å². The Bertz CT molecular complexity index is 1730. The van der Waals surface area contributed by atoms with Crippen molar-refractivity contribution in [2.45, 2.75) is 80.8 Å². The smallest absolute Gasteiger partial charge is 0.407 e. The van der Waals surface area contributed by atoms with E-state index in [0.29, 0.717) is 32.2 Å². The van der Waals surface area contributed by atoms with Crippen molar-refractivity contribution in [2.24, 2.45) is 5.92 Å². The first kappa shape index (κ1) is 36.4. The lowest BCUT2D eigenvalue weighted by atomic mass is 9.84. The Hall–Kier alpha value is -3.84. The van der Waals surface area contributed by atoms with Crippen molar-refractivity contribution < 1.29 is 27.9 Å². The molecule has 12 heteroatoms. The monoisotopic (exact) mass is 706 g/mol. The molecule has 1 saturated carbocycles. The number of aliphatic hydroxyl groups excluding tert-OH is 1. The van der Waals surface area contributed by atoms with Crippen molar-refractivity contribution in [2.75, 3.05) is 20.3 Å². The molecule has 1 heterocycles. The number of aliphatic hydroxyl groups is 1. The van der Waals surface area contributed by atoms with Gasteiger partial charge in [0, 0.05) is 24.5 Å². The van der Waals surface area contributed by atoms with Crippen LogP contribution in [0.1, 0.15) is 68.9 Å². The van der Waals surface area contributed by atoms with Gasteiger partial charge < -0.3 is 20.5 Å². The van der Waals surface area contributed by atoms with E-state index in [-0.39, 0.29) is 29.4 Å². The molecule has 4 aromatic rings. The Morgan fingerprint density at radius 2 is 1.65 bits per heavy atom. The van der Waals surface area contributed by atoms with E-state index in [4.69, 9.17) is 4.74 Å². The van der Waals surface area contributed by atoms with E-state index in [1.54, 1.807) is 23.7 Å². The number of methoxy groups -OCH3 is 1. The van der Waals surface area contributed by atoms with Crippen LogP contribution < -0.4 is 10.6 Å². The number of nitrogens with one attached hydrogen (secondary N) is 2. The van der Waals surface area contributed by atoms with E-state index in [1.807, 2.05) is 67.6 Å². The second-order valence-electron chi connectivity index (χ2n) is 12.6. The van der Waals surface area contributed by atoms with Gasteiger partial charge in [0.05, 0.1) is 34.3 Å². The summed E-state index contributed by atoms with van der Waals surface area (Å²) in [5.74, 6) is -0.501. The third-order valence-corrected chi connectivity index (χ3v) is 12.0. The molecule has 3 aromatic carbocycles. The average molecular weight is 707 g/mol. The first-order chi connectivity index (χ1) is 23.8. The maximum absolute atomic E-state index is 14.2. The molecule has 1 aliphatic carbocycles. The van der Waals surface area contributed by atoms with Gasteiger partial charge in [-0.2, -0.15) is 4.31 Å². The summed E-state index contributed by atoms with van der Waals surface area (Å²) in [7, 11) is -2.61. The minimum absolute atomic E-state index is 0.171. The number of sulfonamides is 1. The third kappa shape index (κ3) is 9.24. The number of benzene rings is 3. The van der Waals surface area contributed by atoms with Crippen LogP contribution in [0.4, 0.5) is 4.79 Å². The fourth-order valence-corrected chi connectivity index (χ4v) is 8.93. The highest BCUT2D eigenvalue weighted by Crippen LogP contribution is 2.36. The average Bonchev–Trinajstić information content (AvgIpc) is 3.86. The fourth-order valence-electron chi connectivity index (χ4n) is 6.43. The maximum atomic E-state index is 14.2. The number of nitrogens with zero attached hydrogens (tertiary/aromatic N) is 2. The molecular formula is C37H46N4O6S2. The van der Waals surface area contributed by atoms with Gasteiger partial charge in [-0.3, -0.25) is 4.79 Å². The van der Waals surface area contributed by atoms with Crippen LogP contribution in [0.5, 0.6) is 0 Å². The molecule has 2 amide bonds. The minimum atomic E-state index is -3.88. The summed E-state index contributed by atoms with van der Waals surface area (Å²) < 4.78 is 35.1. The Morgan fingerprint density at radius 3 is 2.24 bits per heavy atom. The molecule has 0 spiro atoms. The third-order valence-electron chi connectivity index (χ3n) is 9.22. The topological polar surface area (TPSA) is 138 Å². The minimum Gasteiger partial charge on any atom is -0.453 e. The van der Waals surface area contributed by atoms with Crippen LogP contribution in [-0.2, 0) is 19.6 Å². The van der Waals surface area contributed by atoms with Gasteiger partial charge in [0.25, 0.3) is 0 Å². The van der Waals surface area contributed by atoms with Gasteiger partial charge >= 0.3 is 6.09 Å². The van der Waals surface area contributed by atoms with E-state index in [0.717, 1.165) is 40.6 Å². The summed E-state index contributed by atoms with van der Waals surface area (Å²) in [5, 5.41) is 16.5. The summed E-state index contributed by atoms with van der Waals surface area (Å²) in [6.45, 7) is 2.00. The van der Waals surface area contributed by atoms with E-state index in [1.165, 1.54) is 22.8 Å². The van der Waals surface area contributed by atoms with E-state index < -0.39 is 34.1 Å². The number of amides is 2. The fraction of sp³-hybridized carbons (Fsp3) is 0.432. The molecule has 5 rings (SSSR count). The first-order valence-electron chi connectivity index (χ1n) is 17.0. The van der Waals surface area contributed by atoms with Gasteiger partial charge in [-0.15, -0.1) is 11.3 Å². The van der Waals surface area contributed by atoms with Gasteiger partial charge in [-0.25, -0.2) is 18.2 Å². The lowest BCUT2D eigenvalue weighted by Crippen LogP contribution is -2.53. The van der Waals surface area contributed by atoms with Crippen molar-refractivity contribution in [3.8, 4) is 0 Å². The quantitative estimate of drug-likeness (QED) is 0.114. The number of alkyl carbamates (subject to hydrolysis) is 1. The number of thiazole rings is 1. The Kier molecular flexibility index (Phi) is 12.8. The number of hydrogen-bond donors (Lipinski definition) is 3. The number of rotatable bonds is 18. The molecule has 0 saturated heterocycles. The zero-order chi connectivity index (χ0) is 34.8. The number of hydrogen-bond acceptors (Lipinski definition) is 8. The molecule has 0 radical (unpaired) electrons. The van der Waals surface area contributed by atoms with Crippen LogP contribution >= 0.6 is 11.3 Å². The summed E-state index contributed by atoms with van der Waals surface area (Å²) in [4.78, 5) is 31.2. The SMILES string of the molecule is CCCCN([C@H](CO)CCC[C@@H](NC(=O)[C@@H](NC(=O)OC)C(c1ccccc1)c1ccccc1)C1CC1)S(=O)(=O)c1ccc2ncsc2c1. The second kappa shape index (κ2) is 17.2. The van der Waals surface area contributed by atoms with E-state index in [9.17, 15) is 23.1 Å². The highest BCUT2D eigenvalue weighted by Gasteiger charge is 2.38. The number of ether oxygens (including phenoxy) is 1. The molecule has 3 N–H and O–H groups in total. The van der Waals surface area contributed by atoms with Gasteiger partial charge in [-0.1, -0.05) is 74.0 Å². The number of fused-ring (bicyclic) bond motifs is 1. The van der Waals surface area contributed by atoms with Crippen molar-refractivity contribution in [1.29, 1.82) is 0 Å². The number of aromatic nitrogens is 1. The van der Waals surface area contributed by atoms with Crippen LogP contribution in [0.3, 0.4) is 0 Å².